The van der Waals surface area contributed by atoms with Gasteiger partial charge in [-0.05, 0) is 20.8 Å². The number of carbonyl (C=O) groups is 1. The van der Waals surface area contributed by atoms with E-state index in [9.17, 15) is 4.79 Å². The number of hydrogen-bond donors (Lipinski definition) is 1. The highest BCUT2D eigenvalue weighted by atomic mass is 16.5. The molecule has 2 aromatic rings. The first kappa shape index (κ1) is 17.0. The summed E-state index contributed by atoms with van der Waals surface area (Å²) in [6, 6.07) is 0. The Morgan fingerprint density at radius 2 is 2.04 bits per heavy atom. The van der Waals surface area contributed by atoms with Crippen molar-refractivity contribution in [3.8, 4) is 5.75 Å². The fourth-order valence-electron chi connectivity index (χ4n) is 2.56. The van der Waals surface area contributed by atoms with Crippen LogP contribution in [0, 0.1) is 20.8 Å². The van der Waals surface area contributed by atoms with E-state index in [-0.39, 0.29) is 11.8 Å². The van der Waals surface area contributed by atoms with Crippen LogP contribution in [-0.4, -0.2) is 23.2 Å². The van der Waals surface area contributed by atoms with Crippen molar-refractivity contribution < 1.29 is 14.1 Å². The number of pyridine rings is 1. The largest absolute Gasteiger partial charge is 0.496 e. The Morgan fingerprint density at radius 1 is 1.35 bits per heavy atom. The van der Waals surface area contributed by atoms with Crippen molar-refractivity contribution in [2.75, 3.05) is 7.11 Å². The summed E-state index contributed by atoms with van der Waals surface area (Å²) < 4.78 is 10.6. The standard InChI is InChI=1S/C17H23N3O3/c1-9(2)15-14(12(5)20-23-15)17(21)19-8-13-11(4)16(22-6)10(3)7-18-13/h7,9H,8H2,1-6H3,(H,19,21). The average molecular weight is 317 g/mol. The molecule has 0 aliphatic rings. The molecule has 124 valence electrons. The number of carbonyl (C=O) groups excluding carboxylic acids is 1. The highest BCUT2D eigenvalue weighted by molar-refractivity contribution is 5.96. The maximum atomic E-state index is 12.5. The molecule has 6 nitrogen and oxygen atoms in total. The molecule has 1 N–H and O–H groups in total. The predicted molar refractivity (Wildman–Crippen MR) is 86.8 cm³/mol. The first-order chi connectivity index (χ1) is 10.9. The molecule has 2 aromatic heterocycles. The van der Waals surface area contributed by atoms with E-state index >= 15 is 0 Å². The van der Waals surface area contributed by atoms with Crippen molar-refractivity contribution in [3.63, 3.8) is 0 Å². The van der Waals surface area contributed by atoms with Gasteiger partial charge in [0.25, 0.3) is 5.91 Å². The molecule has 2 heterocycles. The minimum Gasteiger partial charge on any atom is -0.496 e. The Bertz CT molecular complexity index is 720. The van der Waals surface area contributed by atoms with E-state index in [0.29, 0.717) is 23.6 Å². The average Bonchev–Trinajstić information content (AvgIpc) is 2.89. The molecule has 0 aliphatic heterocycles. The molecule has 0 radical (unpaired) electrons. The van der Waals surface area contributed by atoms with Crippen LogP contribution < -0.4 is 10.1 Å². The third-order valence-corrected chi connectivity index (χ3v) is 3.81. The molecular formula is C17H23N3O3. The Labute approximate surface area is 136 Å². The molecule has 0 bridgehead atoms. The van der Waals surface area contributed by atoms with Crippen LogP contribution in [0.25, 0.3) is 0 Å². The van der Waals surface area contributed by atoms with Gasteiger partial charge in [-0.2, -0.15) is 0 Å². The van der Waals surface area contributed by atoms with Gasteiger partial charge in [0, 0.05) is 23.2 Å². The third-order valence-electron chi connectivity index (χ3n) is 3.81. The lowest BCUT2D eigenvalue weighted by Gasteiger charge is -2.13. The number of aryl methyl sites for hydroxylation is 2. The smallest absolute Gasteiger partial charge is 0.257 e. The van der Waals surface area contributed by atoms with Crippen LogP contribution in [0.15, 0.2) is 10.7 Å². The number of aromatic nitrogens is 2. The molecule has 0 saturated carbocycles. The van der Waals surface area contributed by atoms with Crippen LogP contribution in [0.3, 0.4) is 0 Å². The van der Waals surface area contributed by atoms with E-state index in [2.05, 4.69) is 15.5 Å². The van der Waals surface area contributed by atoms with E-state index in [1.54, 1.807) is 20.2 Å². The SMILES string of the molecule is COc1c(C)cnc(CNC(=O)c2c(C)noc2C(C)C)c1C. The highest BCUT2D eigenvalue weighted by Crippen LogP contribution is 2.25. The molecule has 0 fully saturated rings. The number of nitrogens with zero attached hydrogens (tertiary/aromatic N) is 2. The van der Waals surface area contributed by atoms with Crippen molar-refractivity contribution in [3.05, 3.63) is 40.0 Å². The van der Waals surface area contributed by atoms with Gasteiger partial charge in [0.2, 0.25) is 0 Å². The van der Waals surface area contributed by atoms with E-state index in [0.717, 1.165) is 22.6 Å². The fourth-order valence-corrected chi connectivity index (χ4v) is 2.56. The summed E-state index contributed by atoms with van der Waals surface area (Å²) in [7, 11) is 1.63. The van der Waals surface area contributed by atoms with Gasteiger partial charge in [-0.1, -0.05) is 19.0 Å². The van der Waals surface area contributed by atoms with Crippen molar-refractivity contribution in [1.29, 1.82) is 0 Å². The molecular weight excluding hydrogens is 294 g/mol. The predicted octanol–water partition coefficient (Wildman–Crippen LogP) is 3.06. The van der Waals surface area contributed by atoms with E-state index < -0.39 is 0 Å². The van der Waals surface area contributed by atoms with Crippen molar-refractivity contribution in [1.82, 2.24) is 15.5 Å². The van der Waals surface area contributed by atoms with Gasteiger partial charge in [-0.3, -0.25) is 9.78 Å². The molecule has 0 aromatic carbocycles. The number of amides is 1. The zero-order valence-corrected chi connectivity index (χ0v) is 14.5. The number of rotatable bonds is 5. The summed E-state index contributed by atoms with van der Waals surface area (Å²) in [5.74, 6) is 1.30. The molecule has 0 unspecified atom stereocenters. The van der Waals surface area contributed by atoms with Crippen LogP contribution >= 0.6 is 0 Å². The minimum atomic E-state index is -0.201. The summed E-state index contributed by atoms with van der Waals surface area (Å²) in [6.45, 7) is 9.90. The second kappa shape index (κ2) is 6.81. The van der Waals surface area contributed by atoms with Crippen LogP contribution in [0.2, 0.25) is 0 Å². The van der Waals surface area contributed by atoms with E-state index in [4.69, 9.17) is 9.26 Å². The quantitative estimate of drug-likeness (QED) is 0.917. The molecule has 6 heteroatoms. The third kappa shape index (κ3) is 3.36. The number of methoxy groups -OCH3 is 1. The second-order valence-corrected chi connectivity index (χ2v) is 5.89. The van der Waals surface area contributed by atoms with Crippen molar-refractivity contribution >= 4 is 5.91 Å². The van der Waals surface area contributed by atoms with Crippen LogP contribution in [-0.2, 0) is 6.54 Å². The van der Waals surface area contributed by atoms with Crippen LogP contribution in [0.4, 0.5) is 0 Å². The van der Waals surface area contributed by atoms with Gasteiger partial charge in [0.05, 0.1) is 25.0 Å². The Kier molecular flexibility index (Phi) is 5.03. The summed E-state index contributed by atoms with van der Waals surface area (Å²) in [6.07, 6.45) is 1.75. The Morgan fingerprint density at radius 3 is 2.65 bits per heavy atom. The lowest BCUT2D eigenvalue weighted by molar-refractivity contribution is 0.0947. The van der Waals surface area contributed by atoms with Crippen LogP contribution in [0.1, 0.15) is 58.4 Å². The first-order valence-corrected chi connectivity index (χ1v) is 7.60. The number of ether oxygens (including phenoxy) is 1. The van der Waals surface area contributed by atoms with Gasteiger partial charge >= 0.3 is 0 Å². The van der Waals surface area contributed by atoms with E-state index in [1.165, 1.54) is 0 Å². The van der Waals surface area contributed by atoms with E-state index in [1.807, 2.05) is 27.7 Å². The Hall–Kier alpha value is -2.37. The zero-order valence-electron chi connectivity index (χ0n) is 14.5. The van der Waals surface area contributed by atoms with Gasteiger partial charge in [0.15, 0.2) is 5.76 Å². The summed E-state index contributed by atoms with van der Waals surface area (Å²) in [5.41, 5.74) is 3.78. The molecule has 0 atom stereocenters. The maximum Gasteiger partial charge on any atom is 0.257 e. The summed E-state index contributed by atoms with van der Waals surface area (Å²) in [5, 5.41) is 6.79. The molecule has 23 heavy (non-hydrogen) atoms. The summed E-state index contributed by atoms with van der Waals surface area (Å²) in [4.78, 5) is 16.9. The molecule has 1 amide bonds. The lowest BCUT2D eigenvalue weighted by Crippen LogP contribution is -2.25. The van der Waals surface area contributed by atoms with Gasteiger partial charge in [-0.15, -0.1) is 0 Å². The monoisotopic (exact) mass is 317 g/mol. The van der Waals surface area contributed by atoms with Gasteiger partial charge < -0.3 is 14.6 Å². The highest BCUT2D eigenvalue weighted by Gasteiger charge is 2.22. The molecule has 0 spiro atoms. The topological polar surface area (TPSA) is 77.2 Å². The zero-order chi connectivity index (χ0) is 17.1. The molecule has 0 saturated heterocycles. The summed E-state index contributed by atoms with van der Waals surface area (Å²) >= 11 is 0. The fraction of sp³-hybridized carbons (Fsp3) is 0.471. The maximum absolute atomic E-state index is 12.5. The second-order valence-electron chi connectivity index (χ2n) is 5.89. The lowest BCUT2D eigenvalue weighted by atomic mass is 10.0. The normalized spacial score (nSPS) is 10.9. The molecule has 2 rings (SSSR count). The number of nitrogens with one attached hydrogen (secondary N) is 1. The van der Waals surface area contributed by atoms with Crippen LogP contribution in [0.5, 0.6) is 5.75 Å². The number of hydrogen-bond acceptors (Lipinski definition) is 5. The van der Waals surface area contributed by atoms with Crippen molar-refractivity contribution in [2.45, 2.75) is 47.1 Å². The molecule has 0 aliphatic carbocycles. The van der Waals surface area contributed by atoms with Gasteiger partial charge in [0.1, 0.15) is 11.3 Å². The Balaban J connectivity index is 2.19. The first-order valence-electron chi connectivity index (χ1n) is 7.60. The van der Waals surface area contributed by atoms with Crippen molar-refractivity contribution in [2.24, 2.45) is 0 Å². The minimum absolute atomic E-state index is 0.0938. The van der Waals surface area contributed by atoms with Gasteiger partial charge in [-0.25, -0.2) is 0 Å².